The van der Waals surface area contributed by atoms with E-state index in [1.807, 2.05) is 30.0 Å². The van der Waals surface area contributed by atoms with Gasteiger partial charge in [0.2, 0.25) is 0 Å². The summed E-state index contributed by atoms with van der Waals surface area (Å²) in [5, 5.41) is 18.1. The molecule has 1 aromatic heterocycles. The third-order valence-electron chi connectivity index (χ3n) is 5.91. The molecular formula is C26H22ClN5O4S. The van der Waals surface area contributed by atoms with E-state index in [2.05, 4.69) is 10.2 Å². The highest BCUT2D eigenvalue weighted by atomic mass is 35.5. The number of nitriles is 1. The zero-order valence-electron chi connectivity index (χ0n) is 20.1. The topological polar surface area (TPSA) is 115 Å². The molecule has 0 bridgehead atoms. The van der Waals surface area contributed by atoms with Crippen LogP contribution in [0.1, 0.15) is 41.5 Å². The molecule has 1 aliphatic rings. The maximum absolute atomic E-state index is 12.7. The van der Waals surface area contributed by atoms with Crippen LogP contribution in [0.15, 0.2) is 52.7 Å². The van der Waals surface area contributed by atoms with Crippen LogP contribution in [0.2, 0.25) is 5.02 Å². The lowest BCUT2D eigenvalue weighted by Gasteiger charge is -2.27. The van der Waals surface area contributed by atoms with Crippen molar-refractivity contribution in [1.29, 1.82) is 5.26 Å². The molecule has 0 radical (unpaired) electrons. The number of hydrogen-bond donors (Lipinski definition) is 0. The summed E-state index contributed by atoms with van der Waals surface area (Å²) in [5.41, 5.74) is 3.23. The highest BCUT2D eigenvalue weighted by molar-refractivity contribution is 7.18. The van der Waals surface area contributed by atoms with Crippen molar-refractivity contribution in [2.24, 2.45) is 10.2 Å². The molecule has 188 valence electrons. The maximum atomic E-state index is 12.7. The third kappa shape index (κ3) is 5.29. The van der Waals surface area contributed by atoms with E-state index >= 15 is 0 Å². The fourth-order valence-electron chi connectivity index (χ4n) is 3.94. The van der Waals surface area contributed by atoms with Crippen molar-refractivity contribution in [1.82, 2.24) is 4.90 Å². The van der Waals surface area contributed by atoms with Crippen LogP contribution in [-0.2, 0) is 4.74 Å². The molecule has 2 heterocycles. The Morgan fingerprint density at radius 1 is 1.14 bits per heavy atom. The van der Waals surface area contributed by atoms with Gasteiger partial charge in [0.05, 0.1) is 33.3 Å². The summed E-state index contributed by atoms with van der Waals surface area (Å²) in [6, 6.07) is 14.4. The van der Waals surface area contributed by atoms with E-state index in [0.29, 0.717) is 42.8 Å². The van der Waals surface area contributed by atoms with Gasteiger partial charge in [-0.25, -0.2) is 0 Å². The smallest absolute Gasteiger partial charge is 0.261 e. The molecule has 11 heteroatoms. The number of methoxy groups -OCH3 is 1. The number of anilines is 1. The number of carbonyl (C=O) groups is 3. The minimum Gasteiger partial charge on any atom is -0.383 e. The molecule has 2 amide bonds. The van der Waals surface area contributed by atoms with Crippen molar-refractivity contribution >= 4 is 57.4 Å². The Morgan fingerprint density at radius 2 is 1.84 bits per heavy atom. The molecule has 0 unspecified atom stereocenters. The number of ether oxygens (including phenoxy) is 1. The normalized spacial score (nSPS) is 12.8. The van der Waals surface area contributed by atoms with E-state index in [1.54, 1.807) is 37.4 Å². The predicted molar refractivity (Wildman–Crippen MR) is 141 cm³/mol. The summed E-state index contributed by atoms with van der Waals surface area (Å²) < 4.78 is 5.26. The van der Waals surface area contributed by atoms with E-state index in [4.69, 9.17) is 16.3 Å². The first kappa shape index (κ1) is 26.2. The summed E-state index contributed by atoms with van der Waals surface area (Å²) in [6.45, 7) is 3.53. The number of aldehydes is 1. The van der Waals surface area contributed by atoms with Gasteiger partial charge in [0.15, 0.2) is 11.3 Å². The fraction of sp³-hybridized carbons (Fsp3) is 0.231. The van der Waals surface area contributed by atoms with Gasteiger partial charge in [0.25, 0.3) is 11.8 Å². The zero-order valence-corrected chi connectivity index (χ0v) is 21.7. The molecule has 0 atom stereocenters. The zero-order chi connectivity index (χ0) is 26.5. The summed E-state index contributed by atoms with van der Waals surface area (Å²) in [5.74, 6) is -0.579. The lowest BCUT2D eigenvalue weighted by atomic mass is 10.1. The second-order valence-electron chi connectivity index (χ2n) is 8.15. The van der Waals surface area contributed by atoms with Gasteiger partial charge in [-0.2, -0.15) is 5.26 Å². The van der Waals surface area contributed by atoms with Gasteiger partial charge in [0, 0.05) is 32.4 Å². The first-order valence-corrected chi connectivity index (χ1v) is 12.5. The molecule has 0 fully saturated rings. The number of aryl methyl sites for hydroxylation is 1. The molecule has 0 saturated heterocycles. The Hall–Kier alpha value is -3.91. The quantitative estimate of drug-likeness (QED) is 0.191. The average molecular weight is 536 g/mol. The van der Waals surface area contributed by atoms with E-state index < -0.39 is 0 Å². The molecule has 0 N–H and O–H groups in total. The number of hydrogen-bond acceptors (Lipinski definition) is 9. The number of halogens is 1. The summed E-state index contributed by atoms with van der Waals surface area (Å²) in [7, 11) is 1.61. The Kier molecular flexibility index (Phi) is 8.08. The van der Waals surface area contributed by atoms with E-state index in [1.165, 1.54) is 4.90 Å². The van der Waals surface area contributed by atoms with Crippen molar-refractivity contribution in [2.75, 3.05) is 38.3 Å². The molecule has 0 saturated carbocycles. The Bertz CT molecular complexity index is 1410. The molecule has 9 nitrogen and oxygen atoms in total. The van der Waals surface area contributed by atoms with E-state index in [9.17, 15) is 19.6 Å². The summed E-state index contributed by atoms with van der Waals surface area (Å²) in [6.07, 6.45) is 0.587. The van der Waals surface area contributed by atoms with Crippen molar-refractivity contribution in [2.45, 2.75) is 6.92 Å². The maximum Gasteiger partial charge on any atom is 0.261 e. The van der Waals surface area contributed by atoms with Crippen molar-refractivity contribution in [3.05, 3.63) is 74.6 Å². The molecular weight excluding hydrogens is 514 g/mol. The summed E-state index contributed by atoms with van der Waals surface area (Å²) >= 11 is 7.06. The molecule has 37 heavy (non-hydrogen) atoms. The molecule has 4 rings (SSSR count). The van der Waals surface area contributed by atoms with Crippen molar-refractivity contribution in [3.63, 3.8) is 0 Å². The predicted octanol–water partition coefficient (Wildman–Crippen LogP) is 5.56. The number of thiophene rings is 1. The van der Waals surface area contributed by atoms with Gasteiger partial charge >= 0.3 is 0 Å². The van der Waals surface area contributed by atoms with Crippen LogP contribution in [-0.4, -0.2) is 56.4 Å². The SMILES string of the molecule is COCCN(CCN1C(=O)c2ccccc2C1=O)c1ccc(N=Nc2sc(C=O)c(Cl)c2C#N)c(C)c1. The van der Waals surface area contributed by atoms with Crippen LogP contribution in [0.25, 0.3) is 0 Å². The highest BCUT2D eigenvalue weighted by Crippen LogP contribution is 2.39. The number of nitrogens with zero attached hydrogens (tertiary/aromatic N) is 5. The van der Waals surface area contributed by atoms with Crippen LogP contribution >= 0.6 is 22.9 Å². The van der Waals surface area contributed by atoms with Crippen molar-refractivity contribution < 1.29 is 19.1 Å². The van der Waals surface area contributed by atoms with Crippen LogP contribution < -0.4 is 4.90 Å². The number of rotatable bonds is 10. The van der Waals surface area contributed by atoms with Crippen LogP contribution in [0.4, 0.5) is 16.4 Å². The van der Waals surface area contributed by atoms with Gasteiger partial charge < -0.3 is 9.64 Å². The lowest BCUT2D eigenvalue weighted by molar-refractivity contribution is 0.0657. The minimum absolute atomic E-state index is 0.0790. The average Bonchev–Trinajstić information content (AvgIpc) is 3.35. The highest BCUT2D eigenvalue weighted by Gasteiger charge is 2.35. The first-order chi connectivity index (χ1) is 17.9. The van der Waals surface area contributed by atoms with Gasteiger partial charge in [-0.15, -0.1) is 21.6 Å². The number of benzene rings is 2. The van der Waals surface area contributed by atoms with Crippen LogP contribution in [0.5, 0.6) is 0 Å². The third-order valence-corrected chi connectivity index (χ3v) is 7.41. The molecule has 3 aromatic rings. The fourth-order valence-corrected chi connectivity index (χ4v) is 5.07. The monoisotopic (exact) mass is 535 g/mol. The second kappa shape index (κ2) is 11.4. The number of carbonyl (C=O) groups excluding carboxylic acids is 3. The Morgan fingerprint density at radius 3 is 2.43 bits per heavy atom. The van der Waals surface area contributed by atoms with E-state index in [0.717, 1.165) is 22.6 Å². The largest absolute Gasteiger partial charge is 0.383 e. The summed E-state index contributed by atoms with van der Waals surface area (Å²) in [4.78, 5) is 40.1. The second-order valence-corrected chi connectivity index (χ2v) is 9.56. The lowest BCUT2D eigenvalue weighted by Crippen LogP contribution is -2.39. The van der Waals surface area contributed by atoms with E-state index in [-0.39, 0.29) is 38.8 Å². The minimum atomic E-state index is -0.289. The van der Waals surface area contributed by atoms with Gasteiger partial charge in [0.1, 0.15) is 11.6 Å². The molecule has 0 spiro atoms. The van der Waals surface area contributed by atoms with Crippen LogP contribution in [0.3, 0.4) is 0 Å². The van der Waals surface area contributed by atoms with Gasteiger partial charge in [-0.1, -0.05) is 23.7 Å². The molecule has 1 aliphatic heterocycles. The Labute approximate surface area is 222 Å². The van der Waals surface area contributed by atoms with Crippen molar-refractivity contribution in [3.8, 4) is 6.07 Å². The standard InChI is InChI=1S/C26H22ClN5O4S/c1-16-13-17(7-8-21(16)29-30-24-20(14-28)23(27)22(15-33)37-24)31(11-12-36-2)9-10-32-25(34)18-5-3-4-6-19(18)26(32)35/h3-8,13,15H,9-12H2,1-2H3. The number of azo groups is 1. The molecule has 0 aliphatic carbocycles. The van der Waals surface area contributed by atoms with Crippen LogP contribution in [0, 0.1) is 18.3 Å². The molecule has 2 aromatic carbocycles. The Balaban J connectivity index is 1.52. The van der Waals surface area contributed by atoms with Gasteiger partial charge in [-0.3, -0.25) is 19.3 Å². The number of fused-ring (bicyclic) bond motifs is 1. The first-order valence-electron chi connectivity index (χ1n) is 11.3. The number of imide groups is 1. The van der Waals surface area contributed by atoms with Gasteiger partial charge in [-0.05, 0) is 42.8 Å². The number of amides is 2.